The molecule has 0 saturated carbocycles. The number of nitrogens with one attached hydrogen (secondary N) is 15. The largest absolute Gasteiger partial charge is 0.480 e. The molecule has 3 heterocycles. The minimum Gasteiger partial charge on any atom is -0.480 e. The second-order valence-electron chi connectivity index (χ2n) is 32.0. The summed E-state index contributed by atoms with van der Waals surface area (Å²) >= 11 is 0. The van der Waals surface area contributed by atoms with E-state index in [4.69, 9.17) is 39.5 Å². The van der Waals surface area contributed by atoms with Gasteiger partial charge in [0, 0.05) is 52.0 Å². The molecule has 3 aliphatic rings. The van der Waals surface area contributed by atoms with Crippen molar-refractivity contribution in [2.24, 2.45) is 46.4 Å². The quantitative estimate of drug-likeness (QED) is 0.0167. The van der Waals surface area contributed by atoms with E-state index in [1.807, 2.05) is 44.2 Å². The Balaban J connectivity index is 1.23. The average molecular weight is 1710 g/mol. The maximum atomic E-state index is 14.7. The van der Waals surface area contributed by atoms with Crippen molar-refractivity contribution in [1.82, 2.24) is 83.8 Å². The summed E-state index contributed by atoms with van der Waals surface area (Å²) in [6.45, 7) is 10.3. The number of aliphatic carboxylic acids is 1. The number of carbonyl (C=O) groups is 17. The molecular weight excluding hydrogens is 1590 g/mol. The third-order valence-corrected chi connectivity index (χ3v) is 20.8. The number of nitrogens with zero attached hydrogens (tertiary/aromatic N) is 3. The fourth-order valence-corrected chi connectivity index (χ4v) is 14.4. The molecule has 0 aromatic heterocycles. The van der Waals surface area contributed by atoms with Gasteiger partial charge in [0.15, 0.2) is 11.9 Å². The lowest BCUT2D eigenvalue weighted by Crippen LogP contribution is -2.61. The number of benzene rings is 2. The first kappa shape index (κ1) is 100. The Hall–Kier alpha value is -12.1. The van der Waals surface area contributed by atoms with Crippen molar-refractivity contribution in [2.45, 2.75) is 249 Å². The Bertz CT molecular complexity index is 3990. The number of carbonyl (C=O) groups excluding carboxylic acids is 16. The van der Waals surface area contributed by atoms with Crippen LogP contribution in [0.1, 0.15) is 162 Å². The molecule has 0 bridgehead atoms. The Kier molecular flexibility index (Phi) is 41.3. The normalized spacial score (nSPS) is 17.6. The van der Waals surface area contributed by atoms with Crippen molar-refractivity contribution in [3.63, 3.8) is 0 Å². The first-order valence-corrected chi connectivity index (χ1v) is 41.3. The molecule has 3 fully saturated rings. The van der Waals surface area contributed by atoms with Gasteiger partial charge in [0.2, 0.25) is 94.5 Å². The fourth-order valence-electron chi connectivity index (χ4n) is 14.4. The van der Waals surface area contributed by atoms with E-state index in [9.17, 15) is 91.7 Å². The molecule has 2 aromatic carbocycles. The number of rotatable bonds is 50. The number of primary amides is 2. The second kappa shape index (κ2) is 50.2. The van der Waals surface area contributed by atoms with Crippen LogP contribution in [-0.4, -0.2) is 268 Å². The lowest BCUT2D eigenvalue weighted by molar-refractivity contribution is -0.148. The number of aliphatic hydroxyl groups excluding tert-OH is 1. The van der Waals surface area contributed by atoms with Crippen LogP contribution in [0.3, 0.4) is 0 Å². The van der Waals surface area contributed by atoms with Crippen LogP contribution in [0.4, 0.5) is 0 Å². The molecule has 0 unspecified atom stereocenters. The molecule has 674 valence electrons. The third kappa shape index (κ3) is 33.1. The standard InChI is InChI=1S/C80H125N23O19/c1-43(2)37-54(96-71(114)55(40-48-21-12-9-13-22-48)97-74(117)64(45(5)6)100-73(116)59-26-16-34-101(59)76(119)56(38-44(3)4)98-66(109)49(81)39-47-19-10-8-11-20-47)70(113)91-46(7)65(108)94-52(29-31-62(83)106)75(118)103-36-18-27-60(103)77(120)102-35-17-25-58(102)72(115)99-57(42-104)67(110)90-41-63(107)92-51(28-30-61(82)105)69(112)93-50(23-14-32-88-79(84)85)68(111)95-53(78(121)122)24-15-33-89-80(86)87/h8-13,19-22,43-46,49-60,64,104H,14-18,23-42,81H2,1-7H3,(H2,82,105)(H2,83,106)(H,90,110)(H,91,113)(H,92,107)(H,93,112)(H,94,108)(H,95,111)(H,96,114)(H,97,117)(H,98,109)(H,99,115)(H,100,116)(H,121,122)(H4,84,85,88)(H4,86,87,89)/t46-,49-,50-,51-,52-,53-,54-,55-,56-,57-,58-,59-,60-,64-/m0/s1. The van der Waals surface area contributed by atoms with Crippen molar-refractivity contribution < 1.29 is 91.7 Å². The molecule has 122 heavy (non-hydrogen) atoms. The van der Waals surface area contributed by atoms with Crippen LogP contribution >= 0.6 is 0 Å². The summed E-state index contributed by atoms with van der Waals surface area (Å²) < 4.78 is 0. The fraction of sp³-hybridized carbons (Fsp3) is 0.613. The maximum Gasteiger partial charge on any atom is 0.326 e. The summed E-state index contributed by atoms with van der Waals surface area (Å²) in [5.41, 5.74) is 29.3. The molecule has 0 aliphatic carbocycles. The van der Waals surface area contributed by atoms with E-state index < -0.39 is 229 Å². The van der Waals surface area contributed by atoms with Gasteiger partial charge in [-0.2, -0.15) is 0 Å². The monoisotopic (exact) mass is 1710 g/mol. The minimum atomic E-state index is -1.75. The molecule has 5 rings (SSSR count). The first-order chi connectivity index (χ1) is 57.7. The second-order valence-corrected chi connectivity index (χ2v) is 32.0. The molecule has 2 aromatic rings. The highest BCUT2D eigenvalue weighted by molar-refractivity contribution is 6.01. The molecule has 0 radical (unpaired) electrons. The lowest BCUT2D eigenvalue weighted by atomic mass is 9.99. The van der Waals surface area contributed by atoms with Gasteiger partial charge in [-0.15, -0.1) is 0 Å². The van der Waals surface area contributed by atoms with Gasteiger partial charge in [-0.05, 0) is 132 Å². The SMILES string of the molecule is CC(C)C[C@H](NC(=O)[C@H](Cc1ccccc1)NC(=O)[C@@H](NC(=O)[C@@H]1CCCN1C(=O)[C@H](CC(C)C)NC(=O)[C@@H](N)Cc1ccccc1)C(C)C)C(=O)N[C@@H](C)C(=O)N[C@@H](CCC(N)=O)C(=O)N1CCC[C@H]1C(=O)N1CCC[C@H]1C(=O)N[C@@H](CO)C(=O)NCC(=O)N[C@@H](CCC(N)=O)C(=O)N[C@@H](CCCNC(=N)N)C(=O)N[C@@H](CCCNC(=N)N)C(=O)O. The van der Waals surface area contributed by atoms with Crippen molar-refractivity contribution in [1.29, 1.82) is 10.8 Å². The van der Waals surface area contributed by atoms with Crippen LogP contribution in [0.5, 0.6) is 0 Å². The van der Waals surface area contributed by atoms with E-state index in [1.165, 1.54) is 21.6 Å². The Morgan fingerprint density at radius 1 is 0.434 bits per heavy atom. The zero-order chi connectivity index (χ0) is 90.6. The summed E-state index contributed by atoms with van der Waals surface area (Å²) in [5, 5.41) is 68.2. The smallest absolute Gasteiger partial charge is 0.326 e. The minimum absolute atomic E-state index is 0.00463. The van der Waals surface area contributed by atoms with E-state index in [-0.39, 0.29) is 140 Å². The zero-order valence-electron chi connectivity index (χ0n) is 70.3. The van der Waals surface area contributed by atoms with Crippen LogP contribution in [0.2, 0.25) is 0 Å². The molecule has 0 spiro atoms. The first-order valence-electron chi connectivity index (χ1n) is 41.3. The molecule has 14 atom stereocenters. The van der Waals surface area contributed by atoms with Crippen LogP contribution in [0.25, 0.3) is 0 Å². The zero-order valence-corrected chi connectivity index (χ0v) is 70.3. The third-order valence-electron chi connectivity index (χ3n) is 20.8. The van der Waals surface area contributed by atoms with Gasteiger partial charge < -0.3 is 123 Å². The topological polar surface area (TPSA) is 675 Å². The van der Waals surface area contributed by atoms with Crippen LogP contribution < -0.4 is 97.8 Å². The predicted molar refractivity (Wildman–Crippen MR) is 444 cm³/mol. The van der Waals surface area contributed by atoms with Gasteiger partial charge in [-0.1, -0.05) is 102 Å². The number of carboxylic acid groups (broad SMARTS) is 1. The molecule has 16 amide bonds. The summed E-state index contributed by atoms with van der Waals surface area (Å²) in [4.78, 5) is 238. The number of nitrogens with two attached hydrogens (primary N) is 5. The molecule has 27 N–H and O–H groups in total. The lowest BCUT2D eigenvalue weighted by Gasteiger charge is -2.33. The predicted octanol–water partition coefficient (Wildman–Crippen LogP) is -5.36. The molecule has 42 nitrogen and oxygen atoms in total. The van der Waals surface area contributed by atoms with Crippen LogP contribution in [0.15, 0.2) is 60.7 Å². The van der Waals surface area contributed by atoms with E-state index in [0.29, 0.717) is 12.0 Å². The van der Waals surface area contributed by atoms with Gasteiger partial charge in [0.05, 0.1) is 19.2 Å². The van der Waals surface area contributed by atoms with Gasteiger partial charge in [-0.3, -0.25) is 87.5 Å². The van der Waals surface area contributed by atoms with Crippen molar-refractivity contribution in [3.05, 3.63) is 71.8 Å². The number of guanidine groups is 2. The highest BCUT2D eigenvalue weighted by atomic mass is 16.4. The number of hydrogen-bond donors (Lipinski definition) is 22. The van der Waals surface area contributed by atoms with Crippen molar-refractivity contribution >= 4 is 112 Å². The van der Waals surface area contributed by atoms with Crippen molar-refractivity contribution in [3.8, 4) is 0 Å². The van der Waals surface area contributed by atoms with Gasteiger partial charge in [0.25, 0.3) is 0 Å². The summed E-state index contributed by atoms with van der Waals surface area (Å²) in [6.07, 6.45) is -0.0785. The molecule has 42 heteroatoms. The molecular formula is C80H125N23O19. The van der Waals surface area contributed by atoms with Gasteiger partial charge in [0.1, 0.15) is 78.5 Å². The molecule has 3 saturated heterocycles. The number of likely N-dealkylation sites (tertiary alicyclic amines) is 3. The number of hydrogen-bond acceptors (Lipinski definition) is 21. The summed E-state index contributed by atoms with van der Waals surface area (Å²) in [7, 11) is 0. The highest BCUT2D eigenvalue weighted by Crippen LogP contribution is 2.28. The Morgan fingerprint density at radius 3 is 1.39 bits per heavy atom. The Labute approximate surface area is 708 Å². The number of amides is 16. The van der Waals surface area contributed by atoms with E-state index in [1.54, 1.807) is 58.0 Å². The van der Waals surface area contributed by atoms with Gasteiger partial charge in [-0.25, -0.2) is 4.79 Å². The van der Waals surface area contributed by atoms with Gasteiger partial charge >= 0.3 is 5.97 Å². The summed E-state index contributed by atoms with van der Waals surface area (Å²) in [5.74, 6) is -16.5. The number of carboxylic acids is 1. The van der Waals surface area contributed by atoms with Crippen LogP contribution in [-0.2, 0) is 94.3 Å². The average Bonchev–Trinajstić information content (AvgIpc) is 1.61. The number of aliphatic hydroxyl groups is 1. The maximum absolute atomic E-state index is 14.7. The molecule has 3 aliphatic heterocycles. The van der Waals surface area contributed by atoms with E-state index in [0.717, 1.165) is 5.56 Å². The van der Waals surface area contributed by atoms with Crippen LogP contribution in [0, 0.1) is 28.6 Å². The summed E-state index contributed by atoms with van der Waals surface area (Å²) in [6, 6.07) is -0.955. The highest BCUT2D eigenvalue weighted by Gasteiger charge is 2.46. The van der Waals surface area contributed by atoms with E-state index in [2.05, 4.69) is 69.1 Å². The Morgan fingerprint density at radius 2 is 0.861 bits per heavy atom. The van der Waals surface area contributed by atoms with E-state index >= 15 is 0 Å². The van der Waals surface area contributed by atoms with Crippen molar-refractivity contribution in [2.75, 3.05) is 45.9 Å².